The van der Waals surface area contributed by atoms with Gasteiger partial charge in [-0.1, -0.05) is 6.92 Å². The molecule has 19 heavy (non-hydrogen) atoms. The molecule has 0 radical (unpaired) electrons. The molecule has 0 saturated carbocycles. The molecule has 106 valence electrons. The van der Waals surface area contributed by atoms with Gasteiger partial charge in [-0.05, 0) is 19.8 Å². The molecule has 2 atom stereocenters. The van der Waals surface area contributed by atoms with E-state index >= 15 is 0 Å². The largest absolute Gasteiger partial charge is 0.378 e. The fourth-order valence-electron chi connectivity index (χ4n) is 2.44. The minimum atomic E-state index is 0.288. The van der Waals surface area contributed by atoms with Crippen LogP contribution in [0.15, 0.2) is 6.07 Å². The van der Waals surface area contributed by atoms with E-state index in [9.17, 15) is 0 Å². The van der Waals surface area contributed by atoms with Crippen molar-refractivity contribution in [1.29, 1.82) is 0 Å². The van der Waals surface area contributed by atoms with Crippen molar-refractivity contribution in [2.24, 2.45) is 5.92 Å². The molecular formula is C13H23N5O. The number of nitrogens with one attached hydrogen (secondary N) is 2. The fourth-order valence-corrected chi connectivity index (χ4v) is 2.44. The molecule has 2 heterocycles. The highest BCUT2D eigenvalue weighted by atomic mass is 16.5. The third kappa shape index (κ3) is 3.70. The standard InChI is InChI=1S/C13H23N5O/c1-3-10-9(5-6-19-10)8-16-12-7-11(15-4-2)17-13(14)18-12/h7,9-10H,3-6,8H2,1-2H3,(H4,14,15,16,17,18). The van der Waals surface area contributed by atoms with E-state index < -0.39 is 0 Å². The Balaban J connectivity index is 1.95. The Kier molecular flexibility index (Phi) is 4.79. The number of nitrogen functional groups attached to an aromatic ring is 1. The van der Waals surface area contributed by atoms with E-state index in [0.29, 0.717) is 12.0 Å². The lowest BCUT2D eigenvalue weighted by Gasteiger charge is -2.17. The molecule has 0 aromatic carbocycles. The molecule has 1 aromatic heterocycles. The van der Waals surface area contributed by atoms with Gasteiger partial charge in [-0.3, -0.25) is 0 Å². The molecule has 2 unspecified atom stereocenters. The Hall–Kier alpha value is -1.56. The lowest BCUT2D eigenvalue weighted by Crippen LogP contribution is -2.23. The Labute approximate surface area is 114 Å². The highest BCUT2D eigenvalue weighted by Gasteiger charge is 2.26. The summed E-state index contributed by atoms with van der Waals surface area (Å²) in [5.41, 5.74) is 5.70. The van der Waals surface area contributed by atoms with Crippen LogP contribution in [-0.2, 0) is 4.74 Å². The topological polar surface area (TPSA) is 85.1 Å². The van der Waals surface area contributed by atoms with E-state index in [1.54, 1.807) is 0 Å². The molecule has 2 rings (SSSR count). The number of rotatable bonds is 6. The molecule has 4 N–H and O–H groups in total. The maximum atomic E-state index is 5.70. The Bertz CT molecular complexity index is 412. The second-order valence-corrected chi connectivity index (χ2v) is 4.77. The van der Waals surface area contributed by atoms with Gasteiger partial charge < -0.3 is 21.1 Å². The molecule has 1 saturated heterocycles. The second-order valence-electron chi connectivity index (χ2n) is 4.77. The first kappa shape index (κ1) is 13.9. The maximum Gasteiger partial charge on any atom is 0.223 e. The first-order valence-corrected chi connectivity index (χ1v) is 6.96. The molecule has 0 aliphatic carbocycles. The van der Waals surface area contributed by atoms with E-state index in [1.165, 1.54) is 0 Å². The number of anilines is 3. The van der Waals surface area contributed by atoms with Gasteiger partial charge in [0.1, 0.15) is 11.6 Å². The van der Waals surface area contributed by atoms with Gasteiger partial charge >= 0.3 is 0 Å². The van der Waals surface area contributed by atoms with Gasteiger partial charge in [-0.15, -0.1) is 0 Å². The van der Waals surface area contributed by atoms with Crippen LogP contribution in [0, 0.1) is 5.92 Å². The first-order valence-electron chi connectivity index (χ1n) is 6.96. The highest BCUT2D eigenvalue weighted by Crippen LogP contribution is 2.24. The van der Waals surface area contributed by atoms with E-state index in [-0.39, 0.29) is 5.95 Å². The molecule has 0 bridgehead atoms. The summed E-state index contributed by atoms with van der Waals surface area (Å²) < 4.78 is 5.68. The van der Waals surface area contributed by atoms with Crippen LogP contribution in [0.2, 0.25) is 0 Å². The van der Waals surface area contributed by atoms with Crippen LogP contribution in [0.4, 0.5) is 17.6 Å². The average molecular weight is 265 g/mol. The molecule has 1 aliphatic heterocycles. The molecule has 0 amide bonds. The van der Waals surface area contributed by atoms with Gasteiger partial charge in [0.15, 0.2) is 0 Å². The lowest BCUT2D eigenvalue weighted by atomic mass is 10.00. The van der Waals surface area contributed by atoms with Crippen LogP contribution < -0.4 is 16.4 Å². The number of nitrogens with two attached hydrogens (primary N) is 1. The molecule has 6 nitrogen and oxygen atoms in total. The van der Waals surface area contributed by atoms with Crippen molar-refractivity contribution in [3.8, 4) is 0 Å². The van der Waals surface area contributed by atoms with Crippen molar-refractivity contribution < 1.29 is 4.74 Å². The van der Waals surface area contributed by atoms with Crippen LogP contribution in [0.5, 0.6) is 0 Å². The summed E-state index contributed by atoms with van der Waals surface area (Å²) in [5, 5.41) is 6.48. The van der Waals surface area contributed by atoms with Gasteiger partial charge in [-0.25, -0.2) is 0 Å². The van der Waals surface area contributed by atoms with Crippen LogP contribution in [-0.4, -0.2) is 35.8 Å². The van der Waals surface area contributed by atoms with Crippen molar-refractivity contribution >= 4 is 17.6 Å². The SMILES string of the molecule is CCNc1cc(NCC2CCOC2CC)nc(N)n1. The van der Waals surface area contributed by atoms with E-state index in [1.807, 2.05) is 13.0 Å². The smallest absolute Gasteiger partial charge is 0.223 e. The summed E-state index contributed by atoms with van der Waals surface area (Å²) in [5.74, 6) is 2.36. The second kappa shape index (κ2) is 6.56. The number of nitrogens with zero attached hydrogens (tertiary/aromatic N) is 2. The van der Waals surface area contributed by atoms with E-state index in [0.717, 1.165) is 44.2 Å². The third-order valence-electron chi connectivity index (χ3n) is 3.40. The molecule has 6 heteroatoms. The van der Waals surface area contributed by atoms with E-state index in [4.69, 9.17) is 10.5 Å². The number of aromatic nitrogens is 2. The molecule has 0 spiro atoms. The minimum absolute atomic E-state index is 0.288. The molecule has 1 aliphatic rings. The van der Waals surface area contributed by atoms with Crippen molar-refractivity contribution in [2.45, 2.75) is 32.8 Å². The quantitative estimate of drug-likeness (QED) is 0.726. The van der Waals surface area contributed by atoms with Gasteiger partial charge in [0.05, 0.1) is 6.10 Å². The maximum absolute atomic E-state index is 5.70. The zero-order valence-corrected chi connectivity index (χ0v) is 11.6. The summed E-state index contributed by atoms with van der Waals surface area (Å²) in [4.78, 5) is 8.33. The van der Waals surface area contributed by atoms with E-state index in [2.05, 4.69) is 27.5 Å². The fraction of sp³-hybridized carbons (Fsp3) is 0.692. The molecular weight excluding hydrogens is 242 g/mol. The predicted molar refractivity (Wildman–Crippen MR) is 77.2 cm³/mol. The van der Waals surface area contributed by atoms with Gasteiger partial charge in [-0.2, -0.15) is 9.97 Å². The van der Waals surface area contributed by atoms with Crippen LogP contribution in [0.1, 0.15) is 26.7 Å². The monoisotopic (exact) mass is 265 g/mol. The van der Waals surface area contributed by atoms with Crippen LogP contribution >= 0.6 is 0 Å². The molecule has 1 aromatic rings. The minimum Gasteiger partial charge on any atom is -0.378 e. The normalized spacial score (nSPS) is 22.4. The zero-order chi connectivity index (χ0) is 13.7. The summed E-state index contributed by atoms with van der Waals surface area (Å²) in [6.45, 7) is 6.71. The third-order valence-corrected chi connectivity index (χ3v) is 3.40. The summed E-state index contributed by atoms with van der Waals surface area (Å²) in [6, 6.07) is 1.89. The Morgan fingerprint density at radius 1 is 1.32 bits per heavy atom. The first-order chi connectivity index (χ1) is 9.22. The van der Waals surface area contributed by atoms with Crippen molar-refractivity contribution in [1.82, 2.24) is 9.97 Å². The summed E-state index contributed by atoms with van der Waals surface area (Å²) in [7, 11) is 0. The predicted octanol–water partition coefficient (Wildman–Crippen LogP) is 1.72. The van der Waals surface area contributed by atoms with Gasteiger partial charge in [0.25, 0.3) is 0 Å². The number of hydrogen-bond donors (Lipinski definition) is 3. The zero-order valence-electron chi connectivity index (χ0n) is 11.6. The van der Waals surface area contributed by atoms with Crippen molar-refractivity contribution in [3.63, 3.8) is 0 Å². The number of ether oxygens (including phenoxy) is 1. The van der Waals surface area contributed by atoms with Crippen LogP contribution in [0.25, 0.3) is 0 Å². The Morgan fingerprint density at radius 3 is 2.74 bits per heavy atom. The lowest BCUT2D eigenvalue weighted by molar-refractivity contribution is 0.0900. The summed E-state index contributed by atoms with van der Waals surface area (Å²) in [6.07, 6.45) is 2.52. The Morgan fingerprint density at radius 2 is 2.05 bits per heavy atom. The van der Waals surface area contributed by atoms with Crippen molar-refractivity contribution in [2.75, 3.05) is 36.1 Å². The summed E-state index contributed by atoms with van der Waals surface area (Å²) >= 11 is 0. The molecule has 1 fully saturated rings. The van der Waals surface area contributed by atoms with Crippen molar-refractivity contribution in [3.05, 3.63) is 6.07 Å². The van der Waals surface area contributed by atoms with Gasteiger partial charge in [0.2, 0.25) is 5.95 Å². The number of hydrogen-bond acceptors (Lipinski definition) is 6. The van der Waals surface area contributed by atoms with Gasteiger partial charge in [0, 0.05) is 31.7 Å². The van der Waals surface area contributed by atoms with Crippen LogP contribution in [0.3, 0.4) is 0 Å². The highest BCUT2D eigenvalue weighted by molar-refractivity contribution is 5.50. The average Bonchev–Trinajstić information content (AvgIpc) is 2.83.